The number of unbranched alkanes of at least 4 members (excludes halogenated alkanes) is 1. The highest BCUT2D eigenvalue weighted by Crippen LogP contribution is 2.25. The molecule has 0 bridgehead atoms. The molecule has 7 heteroatoms. The van der Waals surface area contributed by atoms with Crippen LogP contribution in [0.5, 0.6) is 0 Å². The Morgan fingerprint density at radius 1 is 1.17 bits per heavy atom. The second kappa shape index (κ2) is 10.3. The van der Waals surface area contributed by atoms with Gasteiger partial charge in [0.15, 0.2) is 0 Å². The van der Waals surface area contributed by atoms with E-state index in [1.165, 1.54) is 11.1 Å². The fourth-order valence-electron chi connectivity index (χ4n) is 3.91. The molecule has 0 saturated heterocycles. The average molecular weight is 411 g/mol. The second-order valence-corrected chi connectivity index (χ2v) is 8.10. The van der Waals surface area contributed by atoms with E-state index in [1.54, 1.807) is 19.3 Å². The van der Waals surface area contributed by atoms with Crippen molar-refractivity contribution in [2.75, 3.05) is 11.9 Å². The van der Waals surface area contributed by atoms with E-state index < -0.39 is 5.97 Å². The molecule has 3 rings (SSSR count). The summed E-state index contributed by atoms with van der Waals surface area (Å²) in [5.74, 6) is 0.413. The molecule has 0 unspecified atom stereocenters. The second-order valence-electron chi connectivity index (χ2n) is 8.10. The molecule has 0 radical (unpaired) electrons. The van der Waals surface area contributed by atoms with Crippen LogP contribution in [0.2, 0.25) is 0 Å². The van der Waals surface area contributed by atoms with Gasteiger partial charge in [0.1, 0.15) is 17.4 Å². The first-order valence-electron chi connectivity index (χ1n) is 10.7. The van der Waals surface area contributed by atoms with Crippen molar-refractivity contribution in [2.24, 2.45) is 0 Å². The van der Waals surface area contributed by atoms with Gasteiger partial charge >= 0.3 is 5.97 Å². The minimum absolute atomic E-state index is 0.0820. The topological polar surface area (TPSA) is 105 Å². The van der Waals surface area contributed by atoms with Crippen molar-refractivity contribution in [3.63, 3.8) is 0 Å². The first-order valence-corrected chi connectivity index (χ1v) is 10.7. The van der Waals surface area contributed by atoms with Crippen LogP contribution in [0.1, 0.15) is 72.7 Å². The number of Topliss-reactive ketones (excluding diaryl/α,β-unsaturated/α-hetero) is 1. The van der Waals surface area contributed by atoms with Crippen LogP contribution in [-0.4, -0.2) is 38.4 Å². The third-order valence-corrected chi connectivity index (χ3v) is 5.60. The summed E-state index contributed by atoms with van der Waals surface area (Å²) in [7, 11) is 0. The minimum Gasteiger partial charge on any atom is -0.481 e. The molecule has 1 aliphatic heterocycles. The summed E-state index contributed by atoms with van der Waals surface area (Å²) in [6.07, 6.45) is 8.54. The van der Waals surface area contributed by atoms with Crippen molar-refractivity contribution in [3.05, 3.63) is 46.7 Å². The monoisotopic (exact) mass is 410 g/mol. The summed E-state index contributed by atoms with van der Waals surface area (Å²) in [4.78, 5) is 36.8. The van der Waals surface area contributed by atoms with Crippen LogP contribution < -0.4 is 5.32 Å². The van der Waals surface area contributed by atoms with Gasteiger partial charge in [-0.3, -0.25) is 9.59 Å². The number of aromatic nitrogens is 3. The fraction of sp³-hybridized carbons (Fsp3) is 0.522. The number of hydrogen-bond acceptors (Lipinski definition) is 6. The first kappa shape index (κ1) is 21.9. The maximum atomic E-state index is 12.5. The summed E-state index contributed by atoms with van der Waals surface area (Å²) in [6, 6.07) is 2.23. The Labute approximate surface area is 177 Å². The van der Waals surface area contributed by atoms with Gasteiger partial charge in [-0.2, -0.15) is 0 Å². The largest absolute Gasteiger partial charge is 0.481 e. The Morgan fingerprint density at radius 2 is 1.93 bits per heavy atom. The number of nitrogens with zero attached hydrogens (tertiary/aromatic N) is 3. The van der Waals surface area contributed by atoms with E-state index in [1.807, 2.05) is 0 Å². The smallest absolute Gasteiger partial charge is 0.303 e. The van der Waals surface area contributed by atoms with Crippen molar-refractivity contribution in [3.8, 4) is 0 Å². The number of pyridine rings is 1. The van der Waals surface area contributed by atoms with E-state index in [4.69, 9.17) is 4.98 Å². The van der Waals surface area contributed by atoms with Crippen molar-refractivity contribution < 1.29 is 14.7 Å². The standard InChI is InChI=1S/C23H30N4O3/c1-15-10-17-6-5-9-24-23(17)27-21(15)8-4-3-7-20(28)11-18(12-22(29)30)19-13-25-16(2)26-14-19/h10,13-14,18H,3-9,11-12H2,1-2H3,(H,24,27)(H,29,30)/t18-/m1/s1. The number of fused-ring (bicyclic) bond motifs is 1. The molecule has 7 nitrogen and oxygen atoms in total. The Bertz CT molecular complexity index is 896. The maximum Gasteiger partial charge on any atom is 0.303 e. The van der Waals surface area contributed by atoms with Crippen molar-refractivity contribution in [1.29, 1.82) is 0 Å². The van der Waals surface area contributed by atoms with Crippen molar-refractivity contribution in [2.45, 2.75) is 71.1 Å². The van der Waals surface area contributed by atoms with Crippen molar-refractivity contribution >= 4 is 17.6 Å². The van der Waals surface area contributed by atoms with E-state index in [2.05, 4.69) is 28.3 Å². The molecule has 0 spiro atoms. The van der Waals surface area contributed by atoms with E-state index in [0.717, 1.165) is 50.2 Å². The molecule has 3 heterocycles. The molecular weight excluding hydrogens is 380 g/mol. The minimum atomic E-state index is -0.920. The van der Waals surface area contributed by atoms with E-state index in [9.17, 15) is 14.7 Å². The summed E-state index contributed by atoms with van der Waals surface area (Å²) in [5.41, 5.74) is 4.31. The molecular formula is C23H30N4O3. The third-order valence-electron chi connectivity index (χ3n) is 5.60. The molecule has 160 valence electrons. The Morgan fingerprint density at radius 3 is 2.67 bits per heavy atom. The molecule has 1 aliphatic rings. The van der Waals surface area contributed by atoms with Gasteiger partial charge < -0.3 is 10.4 Å². The van der Waals surface area contributed by atoms with Gasteiger partial charge in [0, 0.05) is 43.4 Å². The number of rotatable bonds is 10. The molecule has 0 fully saturated rings. The van der Waals surface area contributed by atoms with Crippen LogP contribution in [0, 0.1) is 13.8 Å². The summed E-state index contributed by atoms with van der Waals surface area (Å²) in [5, 5.41) is 12.6. The lowest BCUT2D eigenvalue weighted by atomic mass is 9.91. The zero-order valence-corrected chi connectivity index (χ0v) is 17.8. The highest BCUT2D eigenvalue weighted by Gasteiger charge is 2.20. The number of ketones is 1. The molecule has 2 aromatic heterocycles. The zero-order chi connectivity index (χ0) is 21.5. The lowest BCUT2D eigenvalue weighted by Crippen LogP contribution is -2.15. The molecule has 2 N–H and O–H groups in total. The van der Waals surface area contributed by atoms with Gasteiger partial charge in [-0.1, -0.05) is 6.07 Å². The molecule has 1 atom stereocenters. The summed E-state index contributed by atoms with van der Waals surface area (Å²) >= 11 is 0. The molecule has 0 aromatic carbocycles. The van der Waals surface area contributed by atoms with E-state index in [-0.39, 0.29) is 24.5 Å². The van der Waals surface area contributed by atoms with Gasteiger partial charge in [0.25, 0.3) is 0 Å². The van der Waals surface area contributed by atoms with Crippen molar-refractivity contribution in [1.82, 2.24) is 15.0 Å². The Hall–Kier alpha value is -2.83. The molecule has 0 aliphatic carbocycles. The number of carboxylic acid groups (broad SMARTS) is 1. The highest BCUT2D eigenvalue weighted by atomic mass is 16.4. The van der Waals surface area contributed by atoms with Gasteiger partial charge in [-0.15, -0.1) is 0 Å². The molecule has 0 amide bonds. The van der Waals surface area contributed by atoms with Gasteiger partial charge in [0.2, 0.25) is 0 Å². The van der Waals surface area contributed by atoms with Gasteiger partial charge in [-0.05, 0) is 62.6 Å². The SMILES string of the molecule is Cc1ncc([C@@H](CC(=O)O)CC(=O)CCCCc2nc3c(cc2C)CCCN3)cn1. The number of aliphatic carboxylic acids is 1. The number of carbonyl (C=O) groups excluding carboxylic acids is 1. The summed E-state index contributed by atoms with van der Waals surface area (Å²) in [6.45, 7) is 4.85. The van der Waals surface area contributed by atoms with Gasteiger partial charge in [-0.25, -0.2) is 15.0 Å². The molecule has 2 aromatic rings. The summed E-state index contributed by atoms with van der Waals surface area (Å²) < 4.78 is 0. The normalized spacial score (nSPS) is 13.9. The Kier molecular flexibility index (Phi) is 7.49. The van der Waals surface area contributed by atoms with Crippen LogP contribution in [0.15, 0.2) is 18.5 Å². The molecule has 30 heavy (non-hydrogen) atoms. The first-order chi connectivity index (χ1) is 14.4. The average Bonchev–Trinajstić information content (AvgIpc) is 2.71. The van der Waals surface area contributed by atoms with Crippen LogP contribution in [0.25, 0.3) is 0 Å². The third kappa shape index (κ3) is 6.08. The quantitative estimate of drug-likeness (QED) is 0.574. The predicted octanol–water partition coefficient (Wildman–Crippen LogP) is 3.78. The number of carbonyl (C=O) groups is 2. The number of nitrogens with one attached hydrogen (secondary N) is 1. The van der Waals surface area contributed by atoms with Crippen LogP contribution in [0.4, 0.5) is 5.82 Å². The van der Waals surface area contributed by atoms with Crippen LogP contribution in [-0.2, 0) is 22.4 Å². The number of aryl methyl sites for hydroxylation is 4. The lowest BCUT2D eigenvalue weighted by molar-refractivity contribution is -0.137. The Balaban J connectivity index is 1.50. The van der Waals surface area contributed by atoms with Crippen LogP contribution in [0.3, 0.4) is 0 Å². The molecule has 0 saturated carbocycles. The zero-order valence-electron chi connectivity index (χ0n) is 17.8. The maximum absolute atomic E-state index is 12.5. The predicted molar refractivity (Wildman–Crippen MR) is 115 cm³/mol. The lowest BCUT2D eigenvalue weighted by Gasteiger charge is -2.19. The number of carboxylic acids is 1. The highest BCUT2D eigenvalue weighted by molar-refractivity contribution is 5.80. The van der Waals surface area contributed by atoms with Gasteiger partial charge in [0.05, 0.1) is 6.42 Å². The number of anilines is 1. The number of hydrogen-bond donors (Lipinski definition) is 2. The fourth-order valence-corrected chi connectivity index (χ4v) is 3.91. The van der Waals surface area contributed by atoms with E-state index >= 15 is 0 Å². The van der Waals surface area contributed by atoms with E-state index in [0.29, 0.717) is 17.8 Å². The van der Waals surface area contributed by atoms with Crippen LogP contribution >= 0.6 is 0 Å².